The molecule has 2 aromatic rings. The summed E-state index contributed by atoms with van der Waals surface area (Å²) in [5.74, 6) is -3.74. The van der Waals surface area contributed by atoms with E-state index in [1.54, 1.807) is 0 Å². The molecule has 17 heteroatoms. The molecule has 0 aliphatic carbocycles. The number of nitrogens with zero attached hydrogens (tertiary/aromatic N) is 1. The molecule has 0 aliphatic heterocycles. The average molecular weight is 610 g/mol. The van der Waals surface area contributed by atoms with E-state index in [0.717, 1.165) is 22.0 Å². The first-order valence-electron chi connectivity index (χ1n) is 9.60. The minimum absolute atomic E-state index is 0.0316. The summed E-state index contributed by atoms with van der Waals surface area (Å²) in [6.07, 6.45) is -6.79. The Kier molecular flexibility index (Phi) is 12.0. The van der Waals surface area contributed by atoms with Crippen molar-refractivity contribution in [3.63, 3.8) is 0 Å². The summed E-state index contributed by atoms with van der Waals surface area (Å²) in [6.45, 7) is 0.0394. The van der Waals surface area contributed by atoms with E-state index in [2.05, 4.69) is 4.74 Å². The van der Waals surface area contributed by atoms with Gasteiger partial charge >= 0.3 is 25.6 Å². The van der Waals surface area contributed by atoms with Gasteiger partial charge in [-0.25, -0.2) is 0 Å². The van der Waals surface area contributed by atoms with Crippen LogP contribution in [0.4, 0.5) is 13.2 Å². The second-order valence-electron chi connectivity index (χ2n) is 6.47. The van der Waals surface area contributed by atoms with Gasteiger partial charge in [0.25, 0.3) is 0 Å². The van der Waals surface area contributed by atoms with Crippen LogP contribution < -0.4 is 9.78 Å². The molecular weight excluding hydrogens is 593 g/mol. The van der Waals surface area contributed by atoms with Crippen molar-refractivity contribution in [1.29, 1.82) is 0 Å². The van der Waals surface area contributed by atoms with E-state index >= 15 is 0 Å². The zero-order chi connectivity index (χ0) is 26.8. The maximum Gasteiger partial charge on any atom is 0.471 e. The minimum Gasteiger partial charge on any atom is -0.465 e. The summed E-state index contributed by atoms with van der Waals surface area (Å²) < 4.78 is 67.0. The van der Waals surface area contributed by atoms with Crippen LogP contribution in [0, 0.1) is 0 Å². The van der Waals surface area contributed by atoms with Gasteiger partial charge in [0.15, 0.2) is 11.5 Å². The van der Waals surface area contributed by atoms with Gasteiger partial charge in [-0.2, -0.15) is 13.2 Å². The summed E-state index contributed by atoms with van der Waals surface area (Å²) in [6, 6.07) is 11.5. The van der Waals surface area contributed by atoms with E-state index in [1.165, 1.54) is 55.5 Å². The van der Waals surface area contributed by atoms with Gasteiger partial charge in [-0.1, -0.05) is 9.35 Å². The molecule has 0 heterocycles. The molecule has 198 valence electrons. The smallest absolute Gasteiger partial charge is 0.465 e. The third kappa shape index (κ3) is 9.92. The van der Waals surface area contributed by atoms with Crippen LogP contribution in [-0.2, 0) is 28.2 Å². The molecular formula is C19H17Cl2F3NO8PS2. The second-order valence-corrected chi connectivity index (χ2v) is 10.5. The van der Waals surface area contributed by atoms with Crippen molar-refractivity contribution in [2.45, 2.75) is 22.9 Å². The maximum atomic E-state index is 13.3. The lowest BCUT2D eigenvalue weighted by Gasteiger charge is -2.25. The van der Waals surface area contributed by atoms with Gasteiger partial charge in [0, 0.05) is 9.79 Å². The Morgan fingerprint density at radius 3 is 1.72 bits per heavy atom. The number of halogens is 5. The number of esters is 1. The lowest BCUT2D eigenvalue weighted by atomic mass is 10.3. The van der Waals surface area contributed by atoms with Gasteiger partial charge < -0.3 is 19.4 Å². The molecule has 0 radical (unpaired) electrons. The first-order chi connectivity index (χ1) is 17.0. The summed E-state index contributed by atoms with van der Waals surface area (Å²) in [4.78, 5) is 34.8. The van der Waals surface area contributed by atoms with E-state index in [9.17, 15) is 27.3 Å². The summed E-state index contributed by atoms with van der Waals surface area (Å²) >= 11 is 0. The standard InChI is InChI=1S/C19H17Cl2F3NO8PS2/c1-2-29-17(26)11-25(18(27)19(22,23)24)12-34(28,32-30-13-3-7-15(35-20)8-4-13)33-31-14-5-9-16(36-21)10-6-14/h3-10H,2,11-12H2,1H3. The summed E-state index contributed by atoms with van der Waals surface area (Å²) in [7, 11) is 8.20. The number of alkyl halides is 3. The van der Waals surface area contributed by atoms with Crippen LogP contribution in [0.15, 0.2) is 58.3 Å². The number of rotatable bonds is 13. The van der Waals surface area contributed by atoms with E-state index in [4.69, 9.17) is 40.5 Å². The molecule has 0 saturated heterocycles. The number of amides is 1. The Hall–Kier alpha value is -1.80. The zero-order valence-corrected chi connectivity index (χ0v) is 22.1. The molecule has 0 aromatic heterocycles. The van der Waals surface area contributed by atoms with Gasteiger partial charge in [-0.05, 0) is 98.8 Å². The van der Waals surface area contributed by atoms with E-state index in [0.29, 0.717) is 9.79 Å². The van der Waals surface area contributed by atoms with E-state index in [-0.39, 0.29) is 23.0 Å². The quantitative estimate of drug-likeness (QED) is 0.107. The Morgan fingerprint density at radius 2 is 1.36 bits per heavy atom. The molecule has 1 amide bonds. The molecule has 0 aliphatic rings. The third-order valence-corrected chi connectivity index (χ3v) is 7.08. The van der Waals surface area contributed by atoms with E-state index in [1.807, 2.05) is 0 Å². The molecule has 0 N–H and O–H groups in total. The van der Waals surface area contributed by atoms with E-state index < -0.39 is 38.5 Å². The highest BCUT2D eigenvalue weighted by atomic mass is 35.7. The van der Waals surface area contributed by atoms with Crippen molar-refractivity contribution < 1.29 is 51.2 Å². The van der Waals surface area contributed by atoms with Crippen LogP contribution in [0.1, 0.15) is 6.92 Å². The number of hydrogen-bond acceptors (Lipinski definition) is 10. The topological polar surface area (TPSA) is 101 Å². The van der Waals surface area contributed by atoms with Gasteiger partial charge in [-0.3, -0.25) is 14.2 Å². The third-order valence-electron chi connectivity index (χ3n) is 3.82. The van der Waals surface area contributed by atoms with Crippen molar-refractivity contribution in [3.8, 4) is 11.5 Å². The Morgan fingerprint density at radius 1 is 0.917 bits per heavy atom. The second kappa shape index (κ2) is 14.2. The van der Waals surface area contributed by atoms with Crippen molar-refractivity contribution in [2.24, 2.45) is 0 Å². The van der Waals surface area contributed by atoms with Crippen LogP contribution in [-0.4, -0.2) is 42.4 Å². The van der Waals surface area contributed by atoms with Crippen LogP contribution in [0.5, 0.6) is 11.5 Å². The first-order valence-corrected chi connectivity index (χ1v) is 14.6. The predicted molar refractivity (Wildman–Crippen MR) is 127 cm³/mol. The molecule has 0 bridgehead atoms. The molecule has 0 unspecified atom stereocenters. The van der Waals surface area contributed by atoms with Crippen molar-refractivity contribution in [1.82, 2.24) is 4.90 Å². The number of carbonyl (C=O) groups excluding carboxylic acids is 2. The molecule has 2 aromatic carbocycles. The monoisotopic (exact) mass is 609 g/mol. The van der Waals surface area contributed by atoms with Crippen LogP contribution in [0.3, 0.4) is 0 Å². The molecule has 0 saturated carbocycles. The first kappa shape index (κ1) is 30.4. The Bertz CT molecular complexity index is 1010. The SMILES string of the molecule is CCOC(=O)CN(CP(=O)(OOc1ccc(SCl)cc1)OOc1ccc(SCl)cc1)C(=O)C(F)(F)F. The number of hydrogen-bond donors (Lipinski definition) is 0. The van der Waals surface area contributed by atoms with Crippen LogP contribution in [0.2, 0.25) is 0 Å². The fourth-order valence-corrected chi connectivity index (χ4v) is 4.55. The maximum absolute atomic E-state index is 13.3. The summed E-state index contributed by atoms with van der Waals surface area (Å²) in [5.41, 5.74) is 0. The lowest BCUT2D eigenvalue weighted by molar-refractivity contribution is -0.190. The highest BCUT2D eigenvalue weighted by molar-refractivity contribution is 8.21. The van der Waals surface area contributed by atoms with Crippen LogP contribution >= 0.6 is 50.9 Å². The van der Waals surface area contributed by atoms with Crippen molar-refractivity contribution in [3.05, 3.63) is 48.5 Å². The summed E-state index contributed by atoms with van der Waals surface area (Å²) in [5, 5.41) is 0. The zero-order valence-electron chi connectivity index (χ0n) is 18.1. The minimum atomic E-state index is -5.41. The molecule has 0 atom stereocenters. The van der Waals surface area contributed by atoms with Gasteiger partial charge in [-0.15, -0.1) is 0 Å². The fraction of sp³-hybridized carbons (Fsp3) is 0.263. The highest BCUT2D eigenvalue weighted by Gasteiger charge is 2.47. The van der Waals surface area contributed by atoms with Crippen molar-refractivity contribution >= 4 is 62.8 Å². The normalized spacial score (nSPS) is 11.6. The Labute approximate surface area is 220 Å². The fourth-order valence-electron chi connectivity index (χ4n) is 2.29. The lowest BCUT2D eigenvalue weighted by Crippen LogP contribution is -2.45. The molecule has 9 nitrogen and oxygen atoms in total. The predicted octanol–water partition coefficient (Wildman–Crippen LogP) is 6.60. The number of carbonyl (C=O) groups is 2. The number of ether oxygens (including phenoxy) is 1. The molecule has 0 spiro atoms. The molecule has 36 heavy (non-hydrogen) atoms. The Balaban J connectivity index is 2.28. The molecule has 0 fully saturated rings. The largest absolute Gasteiger partial charge is 0.471 e. The van der Waals surface area contributed by atoms with Gasteiger partial charge in [0.1, 0.15) is 12.8 Å². The van der Waals surface area contributed by atoms with Crippen molar-refractivity contribution in [2.75, 3.05) is 19.4 Å². The molecule has 2 rings (SSSR count). The highest BCUT2D eigenvalue weighted by Crippen LogP contribution is 2.50. The van der Waals surface area contributed by atoms with Gasteiger partial charge in [0.2, 0.25) is 0 Å². The number of benzene rings is 2. The van der Waals surface area contributed by atoms with Gasteiger partial charge in [0.05, 0.1) is 6.61 Å². The average Bonchev–Trinajstić information content (AvgIpc) is 2.86. The van der Waals surface area contributed by atoms with Crippen LogP contribution in [0.25, 0.3) is 0 Å².